The van der Waals surface area contributed by atoms with Crippen molar-refractivity contribution in [3.63, 3.8) is 0 Å². The molecule has 0 aliphatic rings. The van der Waals surface area contributed by atoms with Gasteiger partial charge in [-0.25, -0.2) is 4.39 Å². The summed E-state index contributed by atoms with van der Waals surface area (Å²) < 4.78 is 20.1. The van der Waals surface area contributed by atoms with Crippen molar-refractivity contribution < 1.29 is 8.81 Å². The Bertz CT molecular complexity index is 2580. The first kappa shape index (κ1) is 28.7. The lowest BCUT2D eigenvalue weighted by atomic mass is 9.91. The molecule has 0 aliphatic heterocycles. The van der Waals surface area contributed by atoms with Crippen LogP contribution in [0.5, 0.6) is 0 Å². The van der Waals surface area contributed by atoms with Crippen molar-refractivity contribution in [3.8, 4) is 33.4 Å². The summed E-state index contributed by atoms with van der Waals surface area (Å²) in [4.78, 5) is 2.28. The van der Waals surface area contributed by atoms with Gasteiger partial charge < -0.3 is 9.32 Å². The molecule has 0 amide bonds. The van der Waals surface area contributed by atoms with Crippen LogP contribution in [0.1, 0.15) is 0 Å². The van der Waals surface area contributed by atoms with Gasteiger partial charge in [0.15, 0.2) is 0 Å². The van der Waals surface area contributed by atoms with Gasteiger partial charge in [-0.2, -0.15) is 0 Å². The van der Waals surface area contributed by atoms with E-state index in [1.165, 1.54) is 23.3 Å². The summed E-state index contributed by atoms with van der Waals surface area (Å²) in [5.41, 5.74) is 11.5. The van der Waals surface area contributed by atoms with Crippen LogP contribution < -0.4 is 4.90 Å². The molecule has 0 saturated heterocycles. The van der Waals surface area contributed by atoms with Crippen molar-refractivity contribution in [2.45, 2.75) is 0 Å². The first-order chi connectivity index (χ1) is 24.2. The lowest BCUT2D eigenvalue weighted by Gasteiger charge is -2.26. The zero-order chi connectivity index (χ0) is 32.7. The summed E-state index contributed by atoms with van der Waals surface area (Å²) in [6, 6.07) is 62.0. The average Bonchev–Trinajstić information content (AvgIpc) is 3.54. The molecule has 0 bridgehead atoms. The van der Waals surface area contributed by atoms with Crippen molar-refractivity contribution in [2.24, 2.45) is 0 Å². The minimum atomic E-state index is -0.237. The Morgan fingerprint density at radius 1 is 0.388 bits per heavy atom. The Kier molecular flexibility index (Phi) is 7.02. The Hall–Kier alpha value is -6.45. The zero-order valence-corrected chi connectivity index (χ0v) is 26.6. The fraction of sp³-hybridized carbons (Fsp3) is 0. The minimum Gasteiger partial charge on any atom is -0.456 e. The minimum absolute atomic E-state index is 0.237. The molecule has 0 aliphatic carbocycles. The summed E-state index contributed by atoms with van der Waals surface area (Å²) in [6.07, 6.45) is 0. The maximum absolute atomic E-state index is 13.8. The molecule has 0 saturated carbocycles. The third kappa shape index (κ3) is 5.22. The zero-order valence-electron chi connectivity index (χ0n) is 26.6. The van der Waals surface area contributed by atoms with E-state index in [0.29, 0.717) is 0 Å². The number of hydrogen-bond donors (Lipinski definition) is 0. The van der Waals surface area contributed by atoms with E-state index in [4.69, 9.17) is 4.42 Å². The van der Waals surface area contributed by atoms with Gasteiger partial charge in [0.2, 0.25) is 0 Å². The molecule has 9 rings (SSSR count). The predicted octanol–water partition coefficient (Wildman–Crippen LogP) is 13.3. The Morgan fingerprint density at radius 3 is 1.59 bits per heavy atom. The van der Waals surface area contributed by atoms with Crippen molar-refractivity contribution in [1.82, 2.24) is 0 Å². The van der Waals surface area contributed by atoms with Gasteiger partial charge in [-0.1, -0.05) is 121 Å². The molecule has 0 N–H and O–H groups in total. The molecule has 232 valence electrons. The van der Waals surface area contributed by atoms with Gasteiger partial charge in [0.25, 0.3) is 0 Å². The van der Waals surface area contributed by atoms with Crippen molar-refractivity contribution >= 4 is 49.8 Å². The third-order valence-corrected chi connectivity index (χ3v) is 9.35. The third-order valence-electron chi connectivity index (χ3n) is 9.35. The first-order valence-electron chi connectivity index (χ1n) is 16.4. The van der Waals surface area contributed by atoms with Crippen LogP contribution in [0.25, 0.3) is 66.1 Å². The highest BCUT2D eigenvalue weighted by Gasteiger charge is 2.17. The second-order valence-electron chi connectivity index (χ2n) is 12.3. The molecule has 2 nitrogen and oxygen atoms in total. The van der Waals surface area contributed by atoms with Crippen molar-refractivity contribution in [1.29, 1.82) is 0 Å². The van der Waals surface area contributed by atoms with Gasteiger partial charge >= 0.3 is 0 Å². The normalized spacial score (nSPS) is 11.4. The van der Waals surface area contributed by atoms with Crippen LogP contribution in [-0.4, -0.2) is 0 Å². The summed E-state index contributed by atoms with van der Waals surface area (Å²) in [5.74, 6) is -0.237. The molecule has 8 aromatic carbocycles. The van der Waals surface area contributed by atoms with Crippen LogP contribution in [-0.2, 0) is 0 Å². The SMILES string of the molecule is Fc1ccc(-c2cccc3cccc(-c4ccc(N(c5ccc(-c6ccccc6)cc5)c5ccc6c(c5)oc5ccccc56)cc4)c23)cc1. The van der Waals surface area contributed by atoms with Gasteiger partial charge in [0.05, 0.1) is 0 Å². The van der Waals surface area contributed by atoms with E-state index < -0.39 is 0 Å². The number of anilines is 3. The molecule has 0 spiro atoms. The monoisotopic (exact) mass is 631 g/mol. The smallest absolute Gasteiger partial charge is 0.137 e. The molecule has 0 unspecified atom stereocenters. The van der Waals surface area contributed by atoms with Gasteiger partial charge in [0, 0.05) is 33.9 Å². The van der Waals surface area contributed by atoms with Gasteiger partial charge in [-0.3, -0.25) is 0 Å². The molecular weight excluding hydrogens is 602 g/mol. The van der Waals surface area contributed by atoms with E-state index in [1.54, 1.807) is 0 Å². The fourth-order valence-corrected chi connectivity index (χ4v) is 6.98. The predicted molar refractivity (Wildman–Crippen MR) is 202 cm³/mol. The largest absolute Gasteiger partial charge is 0.456 e. The van der Waals surface area contributed by atoms with Crippen LogP contribution in [0.3, 0.4) is 0 Å². The number of rotatable bonds is 6. The topological polar surface area (TPSA) is 16.4 Å². The van der Waals surface area contributed by atoms with Gasteiger partial charge in [-0.15, -0.1) is 0 Å². The maximum atomic E-state index is 13.8. The number of nitrogens with zero attached hydrogens (tertiary/aromatic N) is 1. The number of para-hydroxylation sites is 1. The molecule has 3 heteroatoms. The van der Waals surface area contributed by atoms with E-state index in [9.17, 15) is 4.39 Å². The average molecular weight is 632 g/mol. The van der Waals surface area contributed by atoms with E-state index in [2.05, 4.69) is 138 Å². The van der Waals surface area contributed by atoms with Crippen LogP contribution >= 0.6 is 0 Å². The molecular formula is C46H30FNO. The number of benzene rings is 8. The molecule has 1 aromatic heterocycles. The number of halogens is 1. The molecule has 1 heterocycles. The van der Waals surface area contributed by atoms with E-state index >= 15 is 0 Å². The lowest BCUT2D eigenvalue weighted by molar-refractivity contribution is 0.628. The number of furan rings is 1. The van der Waals surface area contributed by atoms with Crippen LogP contribution in [0.2, 0.25) is 0 Å². The lowest BCUT2D eigenvalue weighted by Crippen LogP contribution is -2.09. The summed E-state index contributed by atoms with van der Waals surface area (Å²) >= 11 is 0. The highest BCUT2D eigenvalue weighted by atomic mass is 19.1. The van der Waals surface area contributed by atoms with E-state index in [1.807, 2.05) is 36.4 Å². The number of fused-ring (bicyclic) bond motifs is 4. The van der Waals surface area contributed by atoms with Crippen LogP contribution in [0.15, 0.2) is 186 Å². The molecule has 9 aromatic rings. The second-order valence-corrected chi connectivity index (χ2v) is 12.3. The maximum Gasteiger partial charge on any atom is 0.137 e. The quantitative estimate of drug-likeness (QED) is 0.182. The Labute approximate surface area is 283 Å². The molecule has 0 fully saturated rings. The summed E-state index contributed by atoms with van der Waals surface area (Å²) in [5, 5.41) is 4.50. The van der Waals surface area contributed by atoms with Crippen LogP contribution in [0.4, 0.5) is 21.5 Å². The molecule has 0 radical (unpaired) electrons. The fourth-order valence-electron chi connectivity index (χ4n) is 6.98. The summed E-state index contributed by atoms with van der Waals surface area (Å²) in [6.45, 7) is 0. The molecule has 49 heavy (non-hydrogen) atoms. The second kappa shape index (κ2) is 12.0. The van der Waals surface area contributed by atoms with Gasteiger partial charge in [0.1, 0.15) is 17.0 Å². The highest BCUT2D eigenvalue weighted by Crippen LogP contribution is 2.41. The Balaban J connectivity index is 1.16. The van der Waals surface area contributed by atoms with E-state index in [-0.39, 0.29) is 5.82 Å². The van der Waals surface area contributed by atoms with Crippen molar-refractivity contribution in [3.05, 3.63) is 188 Å². The van der Waals surface area contributed by atoms with Gasteiger partial charge in [-0.05, 0) is 98.8 Å². The van der Waals surface area contributed by atoms with Crippen molar-refractivity contribution in [2.75, 3.05) is 4.90 Å². The first-order valence-corrected chi connectivity index (χ1v) is 16.4. The van der Waals surface area contributed by atoms with Crippen LogP contribution in [0, 0.1) is 5.82 Å². The number of hydrogen-bond acceptors (Lipinski definition) is 2. The van der Waals surface area contributed by atoms with E-state index in [0.717, 1.165) is 72.0 Å². The Morgan fingerprint density at radius 2 is 0.918 bits per heavy atom. The summed E-state index contributed by atoms with van der Waals surface area (Å²) in [7, 11) is 0. The standard InChI is InChI=1S/C46H30FNO/c47-36-22-16-33(17-23-36)40-13-6-10-35-11-7-14-41(46(35)40)34-20-26-38(27-21-34)48(37-24-18-32(19-25-37)31-8-2-1-3-9-31)39-28-29-43-42-12-4-5-15-44(42)49-45(43)30-39/h1-30H. The molecule has 0 atom stereocenters. The highest BCUT2D eigenvalue weighted by molar-refractivity contribution is 6.07.